The monoisotopic (exact) mass is 427 g/mol. The Hall–Kier alpha value is -3.82. The molecule has 3 heterocycles. The van der Waals surface area contributed by atoms with Crippen LogP contribution in [0.25, 0.3) is 0 Å². The van der Waals surface area contributed by atoms with Gasteiger partial charge in [-0.05, 0) is 36.8 Å². The number of carbonyl (C=O) groups is 2. The fraction of sp³-hybridized carbons (Fsp3) is 0.238. The normalized spacial score (nSPS) is 18.2. The van der Waals surface area contributed by atoms with Crippen molar-refractivity contribution in [1.82, 2.24) is 20.1 Å². The summed E-state index contributed by atoms with van der Waals surface area (Å²) in [5.41, 5.74) is 0.0845. The molecule has 1 aliphatic heterocycles. The topological polar surface area (TPSA) is 89.3 Å². The molecule has 0 unspecified atom stereocenters. The van der Waals surface area contributed by atoms with Gasteiger partial charge in [0.05, 0.1) is 12.7 Å². The van der Waals surface area contributed by atoms with E-state index in [2.05, 4.69) is 15.4 Å². The number of rotatable bonds is 4. The molecule has 31 heavy (non-hydrogen) atoms. The first-order chi connectivity index (χ1) is 14.8. The van der Waals surface area contributed by atoms with Gasteiger partial charge in [0.25, 0.3) is 11.8 Å². The van der Waals surface area contributed by atoms with Gasteiger partial charge in [0, 0.05) is 13.2 Å². The number of nitrogens with one attached hydrogen (secondary N) is 1. The highest BCUT2D eigenvalue weighted by Gasteiger charge is 2.37. The lowest BCUT2D eigenvalue weighted by Gasteiger charge is -2.23. The summed E-state index contributed by atoms with van der Waals surface area (Å²) in [5, 5.41) is 6.47. The average molecular weight is 427 g/mol. The Morgan fingerprint density at radius 3 is 2.84 bits per heavy atom. The third-order valence-electron chi connectivity index (χ3n) is 4.90. The van der Waals surface area contributed by atoms with E-state index < -0.39 is 41.3 Å². The molecule has 10 heteroatoms. The Kier molecular flexibility index (Phi) is 5.37. The molecule has 4 rings (SSSR count). The number of hydrogen-bond donors (Lipinski definition) is 1. The number of amides is 2. The van der Waals surface area contributed by atoms with Crippen molar-refractivity contribution < 1.29 is 23.1 Å². The molecule has 0 saturated heterocycles. The van der Waals surface area contributed by atoms with Crippen LogP contribution in [0.5, 0.6) is 5.75 Å². The molecule has 0 aliphatic carbocycles. The van der Waals surface area contributed by atoms with E-state index in [4.69, 9.17) is 4.74 Å². The van der Waals surface area contributed by atoms with Crippen LogP contribution in [0.4, 0.5) is 14.6 Å². The number of pyridine rings is 1. The van der Waals surface area contributed by atoms with Gasteiger partial charge in [-0.1, -0.05) is 12.1 Å². The Balaban J connectivity index is 1.53. The molecule has 2 atom stereocenters. The van der Waals surface area contributed by atoms with Crippen molar-refractivity contribution in [1.29, 1.82) is 0 Å². The number of hydrogen-bond acceptors (Lipinski definition) is 5. The van der Waals surface area contributed by atoms with Crippen molar-refractivity contribution in [3.8, 4) is 5.75 Å². The van der Waals surface area contributed by atoms with Crippen LogP contribution < -0.4 is 15.0 Å². The van der Waals surface area contributed by atoms with Gasteiger partial charge in [0.2, 0.25) is 0 Å². The average Bonchev–Trinajstić information content (AvgIpc) is 3.07. The third kappa shape index (κ3) is 4.09. The number of carbonyl (C=O) groups excluding carboxylic acids is 2. The number of nitrogens with zero attached hydrogens (tertiary/aromatic N) is 4. The lowest BCUT2D eigenvalue weighted by Crippen LogP contribution is -2.53. The summed E-state index contributed by atoms with van der Waals surface area (Å²) >= 11 is 0. The minimum Gasteiger partial charge on any atom is -0.484 e. The maximum Gasteiger partial charge on any atom is 0.275 e. The lowest BCUT2D eigenvalue weighted by molar-refractivity contribution is -0.121. The first kappa shape index (κ1) is 20.5. The zero-order valence-electron chi connectivity index (χ0n) is 16.8. The Labute approximate surface area is 176 Å². The van der Waals surface area contributed by atoms with E-state index in [-0.39, 0.29) is 6.54 Å². The summed E-state index contributed by atoms with van der Waals surface area (Å²) in [6.45, 7) is 1.70. The van der Waals surface area contributed by atoms with Crippen molar-refractivity contribution in [3.63, 3.8) is 0 Å². The van der Waals surface area contributed by atoms with Crippen LogP contribution in [-0.4, -0.2) is 45.8 Å². The molecule has 160 valence electrons. The molecule has 0 bridgehead atoms. The largest absolute Gasteiger partial charge is 0.484 e. The van der Waals surface area contributed by atoms with Crippen LogP contribution in [0.1, 0.15) is 23.0 Å². The highest BCUT2D eigenvalue weighted by Crippen LogP contribution is 2.29. The number of likely N-dealkylation sites (N-methyl/N-ethyl adjacent to an activating group) is 1. The summed E-state index contributed by atoms with van der Waals surface area (Å²) in [6, 6.07) is 8.03. The van der Waals surface area contributed by atoms with Crippen molar-refractivity contribution in [3.05, 3.63) is 71.7 Å². The molecule has 0 radical (unpaired) electrons. The van der Waals surface area contributed by atoms with E-state index in [9.17, 15) is 18.4 Å². The van der Waals surface area contributed by atoms with E-state index in [1.165, 1.54) is 41.0 Å². The third-order valence-corrected chi connectivity index (χ3v) is 4.90. The summed E-state index contributed by atoms with van der Waals surface area (Å²) in [6.07, 6.45) is 1.83. The molecular weight excluding hydrogens is 408 g/mol. The molecule has 0 spiro atoms. The van der Waals surface area contributed by atoms with Gasteiger partial charge in [0.1, 0.15) is 18.0 Å². The lowest BCUT2D eigenvalue weighted by atomic mass is 10.1. The highest BCUT2D eigenvalue weighted by molar-refractivity contribution is 6.02. The Bertz CT molecular complexity index is 1150. The van der Waals surface area contributed by atoms with Crippen LogP contribution in [0.3, 0.4) is 0 Å². The summed E-state index contributed by atoms with van der Waals surface area (Å²) < 4.78 is 34.7. The Morgan fingerprint density at radius 1 is 1.26 bits per heavy atom. The van der Waals surface area contributed by atoms with Crippen LogP contribution in [0.2, 0.25) is 0 Å². The molecule has 2 amide bonds. The van der Waals surface area contributed by atoms with Crippen molar-refractivity contribution in [2.45, 2.75) is 25.6 Å². The highest BCUT2D eigenvalue weighted by atomic mass is 19.1. The predicted octanol–water partition coefficient (Wildman–Crippen LogP) is 2.15. The zero-order valence-corrected chi connectivity index (χ0v) is 16.8. The second kappa shape index (κ2) is 8.13. The fourth-order valence-electron chi connectivity index (χ4n) is 3.35. The van der Waals surface area contributed by atoms with E-state index >= 15 is 0 Å². The van der Waals surface area contributed by atoms with Crippen LogP contribution in [0, 0.1) is 11.6 Å². The second-order valence-electron chi connectivity index (χ2n) is 7.15. The molecule has 0 fully saturated rings. The van der Waals surface area contributed by atoms with Gasteiger partial charge in [0.15, 0.2) is 23.1 Å². The van der Waals surface area contributed by atoms with Gasteiger partial charge >= 0.3 is 0 Å². The minimum absolute atomic E-state index is 0.0769. The number of anilines is 1. The first-order valence-corrected chi connectivity index (χ1v) is 9.51. The molecular formula is C21H19F2N5O3. The van der Waals surface area contributed by atoms with Gasteiger partial charge in [-0.15, -0.1) is 0 Å². The molecule has 8 nitrogen and oxygen atoms in total. The van der Waals surface area contributed by atoms with Gasteiger partial charge in [-0.3, -0.25) is 19.2 Å². The maximum absolute atomic E-state index is 14.4. The number of halogens is 2. The van der Waals surface area contributed by atoms with E-state index in [0.29, 0.717) is 17.1 Å². The standard InChI is InChI=1S/C21H19F2N5O3/c1-12-17(21(30)27(2)19-16(31-12)7-4-8-24-19)25-20(29)18-15(23)11-28(26-18)10-13-5-3-6-14(22)9-13/h3-9,11-12,17H,10H2,1-2H3,(H,25,29)/t12-,17+/m1/s1. The molecule has 0 saturated carbocycles. The summed E-state index contributed by atoms with van der Waals surface area (Å²) in [5.74, 6) is -1.89. The van der Waals surface area contributed by atoms with E-state index in [1.807, 2.05) is 0 Å². The number of benzene rings is 1. The Morgan fingerprint density at radius 2 is 2.06 bits per heavy atom. The summed E-state index contributed by atoms with van der Waals surface area (Å²) in [4.78, 5) is 31.0. The first-order valence-electron chi connectivity index (χ1n) is 9.51. The number of fused-ring (bicyclic) bond motifs is 1. The van der Waals surface area contributed by atoms with Gasteiger partial charge in [-0.25, -0.2) is 13.8 Å². The number of aromatic nitrogens is 3. The molecule has 3 aromatic rings. The zero-order chi connectivity index (χ0) is 22.1. The van der Waals surface area contributed by atoms with Gasteiger partial charge in [-0.2, -0.15) is 5.10 Å². The number of ether oxygens (including phenoxy) is 1. The fourth-order valence-corrected chi connectivity index (χ4v) is 3.35. The van der Waals surface area contributed by atoms with Crippen LogP contribution >= 0.6 is 0 Å². The van der Waals surface area contributed by atoms with Crippen molar-refractivity contribution >= 4 is 17.6 Å². The van der Waals surface area contributed by atoms with Crippen LogP contribution in [0.15, 0.2) is 48.8 Å². The minimum atomic E-state index is -1.08. The molecule has 1 N–H and O–H groups in total. The van der Waals surface area contributed by atoms with Crippen molar-refractivity contribution in [2.75, 3.05) is 11.9 Å². The molecule has 2 aromatic heterocycles. The SMILES string of the molecule is C[C@H]1Oc2cccnc2N(C)C(=O)[C@H]1NC(=O)c1nn(Cc2cccc(F)c2)cc1F. The van der Waals surface area contributed by atoms with Crippen LogP contribution in [-0.2, 0) is 11.3 Å². The second-order valence-corrected chi connectivity index (χ2v) is 7.15. The van der Waals surface area contributed by atoms with Crippen molar-refractivity contribution in [2.24, 2.45) is 0 Å². The summed E-state index contributed by atoms with van der Waals surface area (Å²) in [7, 11) is 1.52. The molecule has 1 aromatic carbocycles. The van der Waals surface area contributed by atoms with E-state index in [1.54, 1.807) is 25.1 Å². The van der Waals surface area contributed by atoms with E-state index in [0.717, 1.165) is 6.20 Å². The quantitative estimate of drug-likeness (QED) is 0.689. The molecule has 1 aliphatic rings. The smallest absolute Gasteiger partial charge is 0.275 e. The van der Waals surface area contributed by atoms with Gasteiger partial charge < -0.3 is 10.1 Å². The maximum atomic E-state index is 14.4. The predicted molar refractivity (Wildman–Crippen MR) is 107 cm³/mol.